The maximum absolute atomic E-state index is 6.02. The molecule has 0 aliphatic carbocycles. The molecular weight excluding hydrogens is 350 g/mol. The van der Waals surface area contributed by atoms with Gasteiger partial charge in [-0.15, -0.1) is 0 Å². The van der Waals surface area contributed by atoms with Crippen LogP contribution in [0.25, 0.3) is 0 Å². The summed E-state index contributed by atoms with van der Waals surface area (Å²) in [5.41, 5.74) is 2.89. The molecule has 0 saturated carbocycles. The van der Waals surface area contributed by atoms with Crippen LogP contribution in [0.4, 0.5) is 5.69 Å². The summed E-state index contributed by atoms with van der Waals surface area (Å²) in [6, 6.07) is 11.6. The predicted molar refractivity (Wildman–Crippen MR) is 93.4 cm³/mol. The largest absolute Gasteiger partial charge is 0.493 e. The Kier molecular flexibility index (Phi) is 5.83. The fourth-order valence-electron chi connectivity index (χ4n) is 1.82. The van der Waals surface area contributed by atoms with E-state index in [-0.39, 0.29) is 0 Å². The number of aliphatic imine (C=N–C) groups is 1. The van der Waals surface area contributed by atoms with Crippen LogP contribution in [0.15, 0.2) is 45.9 Å². The summed E-state index contributed by atoms with van der Waals surface area (Å²) in [6.07, 6.45) is 2.79. The average molecular weight is 367 g/mol. The number of rotatable bonds is 5. The summed E-state index contributed by atoms with van der Waals surface area (Å²) in [5, 5.41) is 0.685. The van der Waals surface area contributed by atoms with Gasteiger partial charge in [0.05, 0.1) is 12.3 Å². The van der Waals surface area contributed by atoms with Crippen molar-refractivity contribution in [2.24, 2.45) is 4.99 Å². The van der Waals surface area contributed by atoms with Gasteiger partial charge in [-0.2, -0.15) is 0 Å². The van der Waals surface area contributed by atoms with E-state index in [1.165, 1.54) is 0 Å². The first-order chi connectivity index (χ1) is 10.1. The SMILES string of the molecule is CCCOc1ccc(Br)cc1C=Nc1cc(Cl)ccc1C. The first-order valence-electron chi connectivity index (χ1n) is 6.82. The van der Waals surface area contributed by atoms with E-state index >= 15 is 0 Å². The topological polar surface area (TPSA) is 21.6 Å². The van der Waals surface area contributed by atoms with Crippen molar-refractivity contribution in [3.05, 3.63) is 57.0 Å². The fraction of sp³-hybridized carbons (Fsp3) is 0.235. The summed E-state index contributed by atoms with van der Waals surface area (Å²) in [4.78, 5) is 4.54. The number of hydrogen-bond acceptors (Lipinski definition) is 2. The molecular formula is C17H17BrClNO. The number of nitrogens with zero attached hydrogens (tertiary/aromatic N) is 1. The van der Waals surface area contributed by atoms with E-state index in [1.54, 1.807) is 0 Å². The number of hydrogen-bond donors (Lipinski definition) is 0. The molecule has 0 aromatic heterocycles. The molecule has 0 N–H and O–H groups in total. The Balaban J connectivity index is 2.31. The van der Waals surface area contributed by atoms with Gasteiger partial charge in [0, 0.05) is 21.3 Å². The van der Waals surface area contributed by atoms with Crippen molar-refractivity contribution in [1.29, 1.82) is 0 Å². The zero-order chi connectivity index (χ0) is 15.2. The van der Waals surface area contributed by atoms with E-state index in [4.69, 9.17) is 16.3 Å². The maximum Gasteiger partial charge on any atom is 0.128 e. The van der Waals surface area contributed by atoms with Gasteiger partial charge in [0.15, 0.2) is 0 Å². The van der Waals surface area contributed by atoms with Crippen LogP contribution in [0.2, 0.25) is 5.02 Å². The number of aryl methyl sites for hydroxylation is 1. The van der Waals surface area contributed by atoms with Crippen molar-refractivity contribution in [3.8, 4) is 5.75 Å². The Hall–Kier alpha value is -1.32. The molecule has 0 aliphatic rings. The van der Waals surface area contributed by atoms with Crippen LogP contribution in [0.1, 0.15) is 24.5 Å². The van der Waals surface area contributed by atoms with Gasteiger partial charge in [-0.1, -0.05) is 40.5 Å². The van der Waals surface area contributed by atoms with Gasteiger partial charge in [0.25, 0.3) is 0 Å². The lowest BCUT2D eigenvalue weighted by Gasteiger charge is -2.08. The molecule has 2 aromatic carbocycles. The second-order valence-electron chi connectivity index (χ2n) is 4.72. The minimum Gasteiger partial charge on any atom is -0.493 e. The van der Waals surface area contributed by atoms with Gasteiger partial charge < -0.3 is 4.74 Å². The van der Waals surface area contributed by atoms with Gasteiger partial charge in [-0.25, -0.2) is 0 Å². The summed E-state index contributed by atoms with van der Waals surface area (Å²) in [5.74, 6) is 0.837. The number of halogens is 2. The van der Waals surface area contributed by atoms with Crippen molar-refractivity contribution in [2.75, 3.05) is 6.61 Å². The lowest BCUT2D eigenvalue weighted by atomic mass is 10.2. The predicted octanol–water partition coefficient (Wildman–Crippen LogP) is 5.95. The van der Waals surface area contributed by atoms with E-state index in [0.29, 0.717) is 11.6 Å². The van der Waals surface area contributed by atoms with E-state index in [0.717, 1.165) is 33.5 Å². The van der Waals surface area contributed by atoms with Crippen LogP contribution in [-0.4, -0.2) is 12.8 Å². The highest BCUT2D eigenvalue weighted by atomic mass is 79.9. The van der Waals surface area contributed by atoms with Crippen LogP contribution in [0.5, 0.6) is 5.75 Å². The number of benzene rings is 2. The monoisotopic (exact) mass is 365 g/mol. The minimum absolute atomic E-state index is 0.685. The second-order valence-corrected chi connectivity index (χ2v) is 6.07. The molecule has 0 atom stereocenters. The van der Waals surface area contributed by atoms with E-state index in [1.807, 2.05) is 49.5 Å². The van der Waals surface area contributed by atoms with Crippen LogP contribution in [0.3, 0.4) is 0 Å². The third-order valence-electron chi connectivity index (χ3n) is 2.95. The van der Waals surface area contributed by atoms with Crippen molar-refractivity contribution in [3.63, 3.8) is 0 Å². The summed E-state index contributed by atoms with van der Waals surface area (Å²) in [7, 11) is 0. The Labute approximate surface area is 138 Å². The van der Waals surface area contributed by atoms with Crippen molar-refractivity contribution >= 4 is 39.4 Å². The molecule has 0 heterocycles. The molecule has 0 fully saturated rings. The van der Waals surface area contributed by atoms with Crippen molar-refractivity contribution in [1.82, 2.24) is 0 Å². The molecule has 0 spiro atoms. The maximum atomic E-state index is 6.02. The first-order valence-corrected chi connectivity index (χ1v) is 8.00. The van der Waals surface area contributed by atoms with Crippen LogP contribution in [0, 0.1) is 6.92 Å². The van der Waals surface area contributed by atoms with Gasteiger partial charge in [-0.3, -0.25) is 4.99 Å². The van der Waals surface area contributed by atoms with Crippen LogP contribution >= 0.6 is 27.5 Å². The molecule has 0 bridgehead atoms. The van der Waals surface area contributed by atoms with Gasteiger partial charge >= 0.3 is 0 Å². The van der Waals surface area contributed by atoms with E-state index in [9.17, 15) is 0 Å². The first kappa shape index (κ1) is 16.1. The van der Waals surface area contributed by atoms with E-state index < -0.39 is 0 Å². The summed E-state index contributed by atoms with van der Waals surface area (Å²) < 4.78 is 6.74. The summed E-state index contributed by atoms with van der Waals surface area (Å²) >= 11 is 9.50. The Bertz CT molecular complexity index is 655. The highest BCUT2D eigenvalue weighted by molar-refractivity contribution is 9.10. The summed E-state index contributed by atoms with van der Waals surface area (Å²) in [6.45, 7) is 4.79. The van der Waals surface area contributed by atoms with Crippen molar-refractivity contribution in [2.45, 2.75) is 20.3 Å². The number of ether oxygens (including phenoxy) is 1. The van der Waals surface area contributed by atoms with Crippen LogP contribution in [-0.2, 0) is 0 Å². The fourth-order valence-corrected chi connectivity index (χ4v) is 2.37. The average Bonchev–Trinajstić information content (AvgIpc) is 2.47. The lowest BCUT2D eigenvalue weighted by molar-refractivity contribution is 0.317. The van der Waals surface area contributed by atoms with E-state index in [2.05, 4.69) is 27.8 Å². The van der Waals surface area contributed by atoms with Crippen LogP contribution < -0.4 is 4.74 Å². The third kappa shape index (κ3) is 4.58. The third-order valence-corrected chi connectivity index (χ3v) is 3.68. The Morgan fingerprint density at radius 1 is 1.24 bits per heavy atom. The lowest BCUT2D eigenvalue weighted by Crippen LogP contribution is -1.98. The highest BCUT2D eigenvalue weighted by Gasteiger charge is 2.03. The van der Waals surface area contributed by atoms with Crippen molar-refractivity contribution < 1.29 is 4.74 Å². The molecule has 0 radical (unpaired) electrons. The minimum atomic E-state index is 0.685. The zero-order valence-corrected chi connectivity index (χ0v) is 14.4. The molecule has 2 nitrogen and oxygen atoms in total. The molecule has 0 unspecified atom stereocenters. The second kappa shape index (κ2) is 7.62. The Morgan fingerprint density at radius 3 is 2.81 bits per heavy atom. The van der Waals surface area contributed by atoms with Gasteiger partial charge in [-0.05, 0) is 49.2 Å². The smallest absolute Gasteiger partial charge is 0.128 e. The standard InChI is InChI=1S/C17H17BrClNO/c1-3-8-21-17-7-5-14(18)9-13(17)11-20-16-10-15(19)6-4-12(16)2/h4-7,9-11H,3,8H2,1-2H3. The molecule has 2 rings (SSSR count). The molecule has 2 aromatic rings. The van der Waals surface area contributed by atoms with Gasteiger partial charge in [0.1, 0.15) is 5.75 Å². The normalized spacial score (nSPS) is 11.0. The zero-order valence-electron chi connectivity index (χ0n) is 12.1. The quantitative estimate of drug-likeness (QED) is 0.599. The molecule has 4 heteroatoms. The highest BCUT2D eigenvalue weighted by Crippen LogP contribution is 2.25. The molecule has 0 aliphatic heterocycles. The Morgan fingerprint density at radius 2 is 2.05 bits per heavy atom. The molecule has 21 heavy (non-hydrogen) atoms. The molecule has 0 amide bonds. The molecule has 110 valence electrons. The molecule has 0 saturated heterocycles. The van der Waals surface area contributed by atoms with Gasteiger partial charge in [0.2, 0.25) is 0 Å².